The number of nitrogens with one attached hydrogen (secondary N) is 1. The van der Waals surface area contributed by atoms with Crippen molar-refractivity contribution in [3.8, 4) is 0 Å². The molecule has 1 aliphatic carbocycles. The highest BCUT2D eigenvalue weighted by molar-refractivity contribution is 5.96. The summed E-state index contributed by atoms with van der Waals surface area (Å²) in [5.41, 5.74) is 3.90. The van der Waals surface area contributed by atoms with Crippen molar-refractivity contribution in [1.82, 2.24) is 15.1 Å². The summed E-state index contributed by atoms with van der Waals surface area (Å²) in [7, 11) is 0. The molecule has 1 saturated carbocycles. The molecule has 2 fully saturated rings. The molecular formula is C20H25N3O2. The molecule has 1 aromatic heterocycles. The lowest BCUT2D eigenvalue weighted by atomic mass is 10.1. The lowest BCUT2D eigenvalue weighted by Crippen LogP contribution is -2.32. The van der Waals surface area contributed by atoms with Gasteiger partial charge in [-0.15, -0.1) is 0 Å². The summed E-state index contributed by atoms with van der Waals surface area (Å²) in [5.74, 6) is 0.438. The number of hydrogen-bond acceptors (Lipinski definition) is 3. The van der Waals surface area contributed by atoms with E-state index in [0.717, 1.165) is 49.2 Å². The highest BCUT2D eigenvalue weighted by Gasteiger charge is 2.33. The molecule has 1 N–H and O–H groups in total. The SMILES string of the molecule is Cc1c(C(=O)NCC2CCCO2)c(C2CC2)nn1Cc1ccccc1. The Morgan fingerprint density at radius 3 is 2.76 bits per heavy atom. The number of ether oxygens (including phenoxy) is 1. The van der Waals surface area contributed by atoms with E-state index in [9.17, 15) is 4.79 Å². The first kappa shape index (κ1) is 16.3. The third-order valence-electron chi connectivity index (χ3n) is 5.11. The zero-order valence-corrected chi connectivity index (χ0v) is 14.7. The predicted molar refractivity (Wildman–Crippen MR) is 95.8 cm³/mol. The molecule has 5 heteroatoms. The van der Waals surface area contributed by atoms with E-state index in [0.29, 0.717) is 19.0 Å². The van der Waals surface area contributed by atoms with Crippen molar-refractivity contribution in [3.05, 3.63) is 52.8 Å². The van der Waals surface area contributed by atoms with Gasteiger partial charge in [0.25, 0.3) is 5.91 Å². The second-order valence-electron chi connectivity index (χ2n) is 7.11. The van der Waals surface area contributed by atoms with Crippen LogP contribution in [0.3, 0.4) is 0 Å². The molecule has 2 aliphatic rings. The lowest BCUT2D eigenvalue weighted by Gasteiger charge is -2.11. The second kappa shape index (κ2) is 7.00. The average Bonchev–Trinajstić information content (AvgIpc) is 3.24. The number of nitrogens with zero attached hydrogens (tertiary/aromatic N) is 2. The molecule has 2 aromatic rings. The van der Waals surface area contributed by atoms with Crippen LogP contribution in [0.2, 0.25) is 0 Å². The molecule has 4 rings (SSSR count). The number of benzene rings is 1. The van der Waals surface area contributed by atoms with Crippen LogP contribution >= 0.6 is 0 Å². The van der Waals surface area contributed by atoms with Crippen LogP contribution in [-0.4, -0.2) is 34.9 Å². The van der Waals surface area contributed by atoms with Crippen LogP contribution < -0.4 is 5.32 Å². The van der Waals surface area contributed by atoms with E-state index in [2.05, 4.69) is 17.4 Å². The Bertz CT molecular complexity index is 744. The van der Waals surface area contributed by atoms with E-state index < -0.39 is 0 Å². The van der Waals surface area contributed by atoms with E-state index in [1.807, 2.05) is 29.8 Å². The number of hydrogen-bond donors (Lipinski definition) is 1. The van der Waals surface area contributed by atoms with Gasteiger partial charge in [0.2, 0.25) is 0 Å². The maximum atomic E-state index is 12.8. The van der Waals surface area contributed by atoms with E-state index in [1.165, 1.54) is 5.56 Å². The maximum Gasteiger partial charge on any atom is 0.255 e. The highest BCUT2D eigenvalue weighted by Crippen LogP contribution is 2.41. The first-order chi connectivity index (χ1) is 12.2. The van der Waals surface area contributed by atoms with E-state index in [-0.39, 0.29) is 12.0 Å². The molecule has 25 heavy (non-hydrogen) atoms. The molecule has 1 amide bonds. The standard InChI is InChI=1S/C20H25N3O2/c1-14-18(20(24)21-12-17-8-5-11-25-17)19(16-9-10-16)22-23(14)13-15-6-3-2-4-7-15/h2-4,6-7,16-17H,5,8-13H2,1H3,(H,21,24). The molecule has 0 spiro atoms. The van der Waals surface area contributed by atoms with Crippen molar-refractivity contribution in [2.45, 2.75) is 51.2 Å². The Hall–Kier alpha value is -2.14. The molecule has 0 bridgehead atoms. The quantitative estimate of drug-likeness (QED) is 0.880. The van der Waals surface area contributed by atoms with Crippen molar-refractivity contribution >= 4 is 5.91 Å². The summed E-state index contributed by atoms with van der Waals surface area (Å²) in [6.07, 6.45) is 4.54. The van der Waals surface area contributed by atoms with Crippen LogP contribution in [0.15, 0.2) is 30.3 Å². The van der Waals surface area contributed by atoms with E-state index in [1.54, 1.807) is 0 Å². The fraction of sp³-hybridized carbons (Fsp3) is 0.500. The van der Waals surface area contributed by atoms with Crippen LogP contribution in [-0.2, 0) is 11.3 Å². The lowest BCUT2D eigenvalue weighted by molar-refractivity contribution is 0.0856. The fourth-order valence-corrected chi connectivity index (χ4v) is 3.50. The molecular weight excluding hydrogens is 314 g/mol. The normalized spacial score (nSPS) is 20.0. The predicted octanol–water partition coefficient (Wildman–Crippen LogP) is 3.03. The molecule has 132 valence electrons. The van der Waals surface area contributed by atoms with Gasteiger partial charge < -0.3 is 10.1 Å². The van der Waals surface area contributed by atoms with Gasteiger partial charge in [0.15, 0.2) is 0 Å². The van der Waals surface area contributed by atoms with E-state index >= 15 is 0 Å². The Kier molecular flexibility index (Phi) is 4.57. The van der Waals surface area contributed by atoms with Crippen molar-refractivity contribution in [3.63, 3.8) is 0 Å². The summed E-state index contributed by atoms with van der Waals surface area (Å²) in [5, 5.41) is 7.86. The van der Waals surface area contributed by atoms with Gasteiger partial charge in [-0.1, -0.05) is 30.3 Å². The molecule has 1 unspecified atom stereocenters. The van der Waals surface area contributed by atoms with Crippen molar-refractivity contribution in [1.29, 1.82) is 0 Å². The topological polar surface area (TPSA) is 56.1 Å². The Morgan fingerprint density at radius 2 is 2.08 bits per heavy atom. The molecule has 1 atom stereocenters. The van der Waals surface area contributed by atoms with Gasteiger partial charge >= 0.3 is 0 Å². The zero-order valence-electron chi connectivity index (χ0n) is 14.7. The summed E-state index contributed by atoms with van der Waals surface area (Å²) >= 11 is 0. The summed E-state index contributed by atoms with van der Waals surface area (Å²) in [6, 6.07) is 10.3. The molecule has 2 heterocycles. The van der Waals surface area contributed by atoms with E-state index in [4.69, 9.17) is 9.84 Å². The highest BCUT2D eigenvalue weighted by atomic mass is 16.5. The van der Waals surface area contributed by atoms with Crippen LogP contribution in [0.5, 0.6) is 0 Å². The summed E-state index contributed by atoms with van der Waals surface area (Å²) in [4.78, 5) is 12.8. The number of rotatable bonds is 6. The monoisotopic (exact) mass is 339 g/mol. The minimum Gasteiger partial charge on any atom is -0.376 e. The fourth-order valence-electron chi connectivity index (χ4n) is 3.50. The third kappa shape index (κ3) is 3.61. The number of carbonyl (C=O) groups excluding carboxylic acids is 1. The number of amides is 1. The Labute approximate surface area is 148 Å². The van der Waals surface area contributed by atoms with Crippen molar-refractivity contribution in [2.24, 2.45) is 0 Å². The van der Waals surface area contributed by atoms with Gasteiger partial charge in [-0.25, -0.2) is 0 Å². The molecule has 1 aliphatic heterocycles. The van der Waals surface area contributed by atoms with Gasteiger partial charge in [-0.3, -0.25) is 9.48 Å². The maximum absolute atomic E-state index is 12.8. The van der Waals surface area contributed by atoms with Gasteiger partial charge in [0, 0.05) is 24.8 Å². The van der Waals surface area contributed by atoms with Crippen molar-refractivity contribution in [2.75, 3.05) is 13.2 Å². The average molecular weight is 339 g/mol. The van der Waals surface area contributed by atoms with Crippen LogP contribution in [0.4, 0.5) is 0 Å². The van der Waals surface area contributed by atoms with Crippen LogP contribution in [0, 0.1) is 6.92 Å². The van der Waals surface area contributed by atoms with Gasteiger partial charge in [-0.2, -0.15) is 5.10 Å². The largest absolute Gasteiger partial charge is 0.376 e. The van der Waals surface area contributed by atoms with Crippen LogP contribution in [0.1, 0.15) is 58.9 Å². The zero-order chi connectivity index (χ0) is 17.2. The smallest absolute Gasteiger partial charge is 0.255 e. The number of aromatic nitrogens is 2. The van der Waals surface area contributed by atoms with Crippen LogP contribution in [0.25, 0.3) is 0 Å². The van der Waals surface area contributed by atoms with Gasteiger partial charge in [-0.05, 0) is 38.2 Å². The second-order valence-corrected chi connectivity index (χ2v) is 7.11. The molecule has 5 nitrogen and oxygen atoms in total. The minimum atomic E-state index is -0.00536. The van der Waals surface area contributed by atoms with Gasteiger partial charge in [0.05, 0.1) is 23.9 Å². The third-order valence-corrected chi connectivity index (χ3v) is 5.11. The Morgan fingerprint density at radius 1 is 1.28 bits per heavy atom. The molecule has 0 radical (unpaired) electrons. The van der Waals surface area contributed by atoms with Gasteiger partial charge in [0.1, 0.15) is 0 Å². The number of carbonyl (C=O) groups is 1. The molecule has 1 aromatic carbocycles. The summed E-state index contributed by atoms with van der Waals surface area (Å²) < 4.78 is 7.58. The minimum absolute atomic E-state index is 0.00536. The first-order valence-corrected chi connectivity index (χ1v) is 9.23. The Balaban J connectivity index is 1.54. The first-order valence-electron chi connectivity index (χ1n) is 9.23. The van der Waals surface area contributed by atoms with Crippen molar-refractivity contribution < 1.29 is 9.53 Å². The molecule has 1 saturated heterocycles. The summed E-state index contributed by atoms with van der Waals surface area (Å²) in [6.45, 7) is 4.10.